The standard InChI is InChI=1S/C12H21N3/c1-2-10-15-12(6-9-14-15)11-4-3-7-13-8-5-11/h6,9,11,13H,2-5,7-8,10H2,1H3. The maximum Gasteiger partial charge on any atom is 0.0492 e. The maximum atomic E-state index is 4.41. The zero-order valence-corrected chi connectivity index (χ0v) is 9.58. The maximum absolute atomic E-state index is 4.41. The minimum absolute atomic E-state index is 0.717. The molecular weight excluding hydrogens is 186 g/mol. The SMILES string of the molecule is CCCn1nccc1C1CCCNCC1. The molecule has 0 amide bonds. The first kappa shape index (κ1) is 10.7. The Kier molecular flexibility index (Phi) is 3.78. The van der Waals surface area contributed by atoms with Gasteiger partial charge in [0.2, 0.25) is 0 Å². The van der Waals surface area contributed by atoms with E-state index < -0.39 is 0 Å². The first-order valence-corrected chi connectivity index (χ1v) is 6.14. The summed E-state index contributed by atoms with van der Waals surface area (Å²) in [6, 6.07) is 2.20. The van der Waals surface area contributed by atoms with Gasteiger partial charge in [-0.3, -0.25) is 4.68 Å². The monoisotopic (exact) mass is 207 g/mol. The van der Waals surface area contributed by atoms with Crippen LogP contribution in [0.4, 0.5) is 0 Å². The molecule has 0 bridgehead atoms. The summed E-state index contributed by atoms with van der Waals surface area (Å²) in [5.41, 5.74) is 1.44. The third-order valence-electron chi connectivity index (χ3n) is 3.18. The fourth-order valence-electron chi connectivity index (χ4n) is 2.40. The van der Waals surface area contributed by atoms with Crippen LogP contribution >= 0.6 is 0 Å². The predicted octanol–water partition coefficient (Wildman–Crippen LogP) is 2.15. The second-order valence-electron chi connectivity index (χ2n) is 4.36. The van der Waals surface area contributed by atoms with Gasteiger partial charge in [0.25, 0.3) is 0 Å². The van der Waals surface area contributed by atoms with Crippen LogP contribution in [0.2, 0.25) is 0 Å². The second kappa shape index (κ2) is 5.31. The fourth-order valence-corrected chi connectivity index (χ4v) is 2.40. The lowest BCUT2D eigenvalue weighted by Gasteiger charge is -2.15. The summed E-state index contributed by atoms with van der Waals surface area (Å²) in [5, 5.41) is 7.87. The number of rotatable bonds is 3. The van der Waals surface area contributed by atoms with Gasteiger partial charge in [0.1, 0.15) is 0 Å². The first-order valence-electron chi connectivity index (χ1n) is 6.14. The van der Waals surface area contributed by atoms with Crippen molar-refractivity contribution in [3.63, 3.8) is 0 Å². The normalized spacial score (nSPS) is 22.6. The zero-order chi connectivity index (χ0) is 10.5. The number of nitrogens with one attached hydrogen (secondary N) is 1. The molecule has 0 aliphatic carbocycles. The molecule has 0 saturated carbocycles. The molecule has 1 N–H and O–H groups in total. The van der Waals surface area contributed by atoms with E-state index >= 15 is 0 Å². The van der Waals surface area contributed by atoms with E-state index in [1.165, 1.54) is 37.9 Å². The Morgan fingerprint density at radius 1 is 1.47 bits per heavy atom. The lowest BCUT2D eigenvalue weighted by molar-refractivity contribution is 0.507. The Balaban J connectivity index is 2.08. The number of hydrogen-bond acceptors (Lipinski definition) is 2. The van der Waals surface area contributed by atoms with Crippen LogP contribution in [0.1, 0.15) is 44.2 Å². The van der Waals surface area contributed by atoms with Gasteiger partial charge in [-0.05, 0) is 44.8 Å². The van der Waals surface area contributed by atoms with E-state index in [2.05, 4.69) is 28.1 Å². The summed E-state index contributed by atoms with van der Waals surface area (Å²) in [4.78, 5) is 0. The van der Waals surface area contributed by atoms with Gasteiger partial charge in [0.05, 0.1) is 0 Å². The van der Waals surface area contributed by atoms with E-state index in [9.17, 15) is 0 Å². The predicted molar refractivity (Wildman–Crippen MR) is 62.0 cm³/mol. The van der Waals surface area contributed by atoms with Crippen molar-refractivity contribution in [2.24, 2.45) is 0 Å². The molecule has 2 rings (SSSR count). The van der Waals surface area contributed by atoms with Crippen LogP contribution in [0.3, 0.4) is 0 Å². The Labute approximate surface area is 91.9 Å². The summed E-state index contributed by atoms with van der Waals surface area (Å²) in [6.07, 6.45) is 6.97. The molecule has 1 aliphatic heterocycles. The summed E-state index contributed by atoms with van der Waals surface area (Å²) in [7, 11) is 0. The third kappa shape index (κ3) is 2.59. The number of aryl methyl sites for hydroxylation is 1. The Morgan fingerprint density at radius 3 is 3.27 bits per heavy atom. The van der Waals surface area contributed by atoms with Crippen molar-refractivity contribution in [3.05, 3.63) is 18.0 Å². The lowest BCUT2D eigenvalue weighted by Crippen LogP contribution is -2.14. The van der Waals surface area contributed by atoms with Crippen molar-refractivity contribution in [3.8, 4) is 0 Å². The lowest BCUT2D eigenvalue weighted by atomic mass is 9.97. The minimum atomic E-state index is 0.717. The van der Waals surface area contributed by atoms with E-state index in [0.29, 0.717) is 5.92 Å². The number of hydrogen-bond donors (Lipinski definition) is 1. The first-order chi connectivity index (χ1) is 7.42. The summed E-state index contributed by atoms with van der Waals surface area (Å²) in [6.45, 7) is 5.60. The fraction of sp³-hybridized carbons (Fsp3) is 0.750. The molecule has 0 spiro atoms. The molecule has 84 valence electrons. The Hall–Kier alpha value is -0.830. The third-order valence-corrected chi connectivity index (χ3v) is 3.18. The molecule has 1 fully saturated rings. The van der Waals surface area contributed by atoms with Crippen LogP contribution in [-0.2, 0) is 6.54 Å². The van der Waals surface area contributed by atoms with Gasteiger partial charge < -0.3 is 5.32 Å². The van der Waals surface area contributed by atoms with Crippen molar-refractivity contribution in [1.82, 2.24) is 15.1 Å². The highest BCUT2D eigenvalue weighted by molar-refractivity contribution is 5.08. The number of nitrogens with zero attached hydrogens (tertiary/aromatic N) is 2. The summed E-state index contributed by atoms with van der Waals surface area (Å²) >= 11 is 0. The van der Waals surface area contributed by atoms with E-state index in [1.807, 2.05) is 6.20 Å². The van der Waals surface area contributed by atoms with E-state index in [4.69, 9.17) is 0 Å². The average molecular weight is 207 g/mol. The van der Waals surface area contributed by atoms with Gasteiger partial charge in [0.15, 0.2) is 0 Å². The molecule has 1 aromatic rings. The van der Waals surface area contributed by atoms with Crippen LogP contribution in [0.5, 0.6) is 0 Å². The van der Waals surface area contributed by atoms with Crippen molar-refractivity contribution >= 4 is 0 Å². The molecular formula is C12H21N3. The van der Waals surface area contributed by atoms with Crippen molar-refractivity contribution < 1.29 is 0 Å². The smallest absolute Gasteiger partial charge is 0.0492 e. The topological polar surface area (TPSA) is 29.9 Å². The number of aromatic nitrogens is 2. The molecule has 0 aromatic carbocycles. The van der Waals surface area contributed by atoms with Gasteiger partial charge in [-0.1, -0.05) is 6.92 Å². The van der Waals surface area contributed by atoms with Gasteiger partial charge >= 0.3 is 0 Å². The quantitative estimate of drug-likeness (QED) is 0.823. The molecule has 1 aliphatic rings. The molecule has 1 saturated heterocycles. The van der Waals surface area contributed by atoms with Crippen LogP contribution in [-0.4, -0.2) is 22.9 Å². The van der Waals surface area contributed by atoms with Gasteiger partial charge in [-0.2, -0.15) is 5.10 Å². The highest BCUT2D eigenvalue weighted by Gasteiger charge is 2.17. The molecule has 15 heavy (non-hydrogen) atoms. The largest absolute Gasteiger partial charge is 0.317 e. The van der Waals surface area contributed by atoms with Crippen molar-refractivity contribution in [2.75, 3.05) is 13.1 Å². The highest BCUT2D eigenvalue weighted by Crippen LogP contribution is 2.25. The molecule has 2 heterocycles. The van der Waals surface area contributed by atoms with Gasteiger partial charge in [0, 0.05) is 24.4 Å². The molecule has 1 atom stereocenters. The van der Waals surface area contributed by atoms with Crippen LogP contribution in [0, 0.1) is 0 Å². The molecule has 1 unspecified atom stereocenters. The van der Waals surface area contributed by atoms with E-state index in [1.54, 1.807) is 0 Å². The Bertz CT molecular complexity index is 285. The Morgan fingerprint density at radius 2 is 2.40 bits per heavy atom. The zero-order valence-electron chi connectivity index (χ0n) is 9.58. The average Bonchev–Trinajstić information content (AvgIpc) is 2.53. The molecule has 3 heteroatoms. The van der Waals surface area contributed by atoms with Crippen LogP contribution in [0.15, 0.2) is 12.3 Å². The van der Waals surface area contributed by atoms with E-state index in [0.717, 1.165) is 13.1 Å². The van der Waals surface area contributed by atoms with Crippen LogP contribution < -0.4 is 5.32 Å². The van der Waals surface area contributed by atoms with Crippen LogP contribution in [0.25, 0.3) is 0 Å². The summed E-state index contributed by atoms with van der Waals surface area (Å²) < 4.78 is 2.19. The van der Waals surface area contributed by atoms with Crippen molar-refractivity contribution in [1.29, 1.82) is 0 Å². The molecule has 1 aromatic heterocycles. The minimum Gasteiger partial charge on any atom is -0.317 e. The molecule has 0 radical (unpaired) electrons. The van der Waals surface area contributed by atoms with Gasteiger partial charge in [-0.15, -0.1) is 0 Å². The summed E-state index contributed by atoms with van der Waals surface area (Å²) in [5.74, 6) is 0.717. The highest BCUT2D eigenvalue weighted by atomic mass is 15.3. The van der Waals surface area contributed by atoms with Gasteiger partial charge in [-0.25, -0.2) is 0 Å². The second-order valence-corrected chi connectivity index (χ2v) is 4.36. The van der Waals surface area contributed by atoms with Crippen molar-refractivity contribution in [2.45, 2.75) is 45.1 Å². The molecule has 3 nitrogen and oxygen atoms in total. The van der Waals surface area contributed by atoms with E-state index in [-0.39, 0.29) is 0 Å².